The third kappa shape index (κ3) is 1.61. The third-order valence-electron chi connectivity index (χ3n) is 2.28. The number of aromatic nitrogens is 2. The SMILES string of the molecule is C[n+]1c(C(=O)[O-])ccn1-c1ccccc1. The largest absolute Gasteiger partial charge is 0.539 e. The number of carbonyl (C=O) groups is 1. The molecule has 0 saturated carbocycles. The number of carbonyl (C=O) groups excluding carboxylic acids is 1. The number of para-hydroxylation sites is 1. The Balaban J connectivity index is 2.52. The van der Waals surface area contributed by atoms with Gasteiger partial charge in [0.25, 0.3) is 5.69 Å². The van der Waals surface area contributed by atoms with E-state index >= 15 is 0 Å². The van der Waals surface area contributed by atoms with Gasteiger partial charge in [0, 0.05) is 6.07 Å². The van der Waals surface area contributed by atoms with Crippen LogP contribution in [0.25, 0.3) is 5.69 Å². The lowest BCUT2D eigenvalue weighted by Crippen LogP contribution is -2.45. The fraction of sp³-hybridized carbons (Fsp3) is 0.0909. The van der Waals surface area contributed by atoms with Gasteiger partial charge in [-0.1, -0.05) is 18.2 Å². The molecule has 4 heteroatoms. The third-order valence-corrected chi connectivity index (χ3v) is 2.28. The Morgan fingerprint density at radius 3 is 2.47 bits per heavy atom. The van der Waals surface area contributed by atoms with Crippen molar-refractivity contribution in [1.29, 1.82) is 0 Å². The van der Waals surface area contributed by atoms with E-state index in [2.05, 4.69) is 0 Å². The fourth-order valence-corrected chi connectivity index (χ4v) is 1.51. The van der Waals surface area contributed by atoms with Crippen molar-refractivity contribution in [3.8, 4) is 5.69 Å². The molecule has 0 bridgehead atoms. The monoisotopic (exact) mass is 202 g/mol. The molecule has 4 nitrogen and oxygen atoms in total. The molecule has 0 atom stereocenters. The van der Waals surface area contributed by atoms with Crippen molar-refractivity contribution in [3.05, 3.63) is 48.3 Å². The van der Waals surface area contributed by atoms with Crippen LogP contribution in [0.1, 0.15) is 10.5 Å². The summed E-state index contributed by atoms with van der Waals surface area (Å²) in [6.07, 6.45) is 1.69. The molecule has 15 heavy (non-hydrogen) atoms. The highest BCUT2D eigenvalue weighted by Gasteiger charge is 2.14. The highest BCUT2D eigenvalue weighted by atomic mass is 16.4. The molecular formula is C11H10N2O2. The first-order chi connectivity index (χ1) is 7.20. The second-order valence-electron chi connectivity index (χ2n) is 3.19. The Morgan fingerprint density at radius 1 is 1.27 bits per heavy atom. The van der Waals surface area contributed by atoms with Gasteiger partial charge in [-0.3, -0.25) is 0 Å². The van der Waals surface area contributed by atoms with Crippen molar-refractivity contribution in [3.63, 3.8) is 0 Å². The number of nitrogens with zero attached hydrogens (tertiary/aromatic N) is 2. The highest BCUT2D eigenvalue weighted by molar-refractivity contribution is 5.81. The summed E-state index contributed by atoms with van der Waals surface area (Å²) >= 11 is 0. The van der Waals surface area contributed by atoms with Crippen LogP contribution < -0.4 is 9.79 Å². The van der Waals surface area contributed by atoms with Crippen molar-refractivity contribution in [2.24, 2.45) is 7.05 Å². The summed E-state index contributed by atoms with van der Waals surface area (Å²) in [7, 11) is 1.68. The number of benzene rings is 1. The zero-order chi connectivity index (χ0) is 10.8. The molecule has 0 aliphatic heterocycles. The number of carboxylic acid groups (broad SMARTS) is 1. The molecule has 2 rings (SSSR count). The van der Waals surface area contributed by atoms with Crippen LogP contribution in [0.2, 0.25) is 0 Å². The van der Waals surface area contributed by atoms with E-state index in [1.807, 2.05) is 30.3 Å². The van der Waals surface area contributed by atoms with Crippen molar-refractivity contribution >= 4 is 5.97 Å². The summed E-state index contributed by atoms with van der Waals surface area (Å²) in [6, 6.07) is 11.0. The molecule has 0 saturated heterocycles. The van der Waals surface area contributed by atoms with Crippen LogP contribution in [-0.4, -0.2) is 10.7 Å². The number of hydrogen-bond acceptors (Lipinski definition) is 2. The van der Waals surface area contributed by atoms with Gasteiger partial charge < -0.3 is 9.90 Å². The Morgan fingerprint density at radius 2 is 1.93 bits per heavy atom. The van der Waals surface area contributed by atoms with Crippen LogP contribution >= 0.6 is 0 Å². The standard InChI is InChI=1S/C11H10N2O2/c1-12-10(11(14)15)7-8-13(12)9-5-3-2-4-6-9/h2-8H,1H3. The average Bonchev–Trinajstić information content (AvgIpc) is 2.61. The summed E-state index contributed by atoms with van der Waals surface area (Å²) in [5.74, 6) is -1.17. The van der Waals surface area contributed by atoms with Crippen molar-refractivity contribution in [1.82, 2.24) is 4.68 Å². The van der Waals surface area contributed by atoms with Gasteiger partial charge in [-0.05, 0) is 12.1 Å². The van der Waals surface area contributed by atoms with Gasteiger partial charge in [0.05, 0.1) is 6.20 Å². The number of carboxylic acids is 1. The van der Waals surface area contributed by atoms with Gasteiger partial charge in [-0.15, -0.1) is 9.36 Å². The lowest BCUT2D eigenvalue weighted by Gasteiger charge is -2.00. The van der Waals surface area contributed by atoms with E-state index in [4.69, 9.17) is 0 Å². The molecule has 0 aliphatic carbocycles. The van der Waals surface area contributed by atoms with Crippen LogP contribution in [0.5, 0.6) is 0 Å². The maximum Gasteiger partial charge on any atom is 0.254 e. The summed E-state index contributed by atoms with van der Waals surface area (Å²) in [6.45, 7) is 0. The van der Waals surface area contributed by atoms with Gasteiger partial charge in [0.1, 0.15) is 11.7 Å². The number of rotatable bonds is 2. The van der Waals surface area contributed by atoms with Gasteiger partial charge in [0.2, 0.25) is 0 Å². The van der Waals surface area contributed by atoms with Crippen LogP contribution in [0, 0.1) is 0 Å². The minimum absolute atomic E-state index is 0.152. The molecule has 0 fully saturated rings. The number of aromatic carboxylic acids is 1. The molecule has 0 aliphatic rings. The second kappa shape index (κ2) is 3.57. The molecule has 0 N–H and O–H groups in total. The van der Waals surface area contributed by atoms with E-state index in [9.17, 15) is 9.90 Å². The Bertz CT molecular complexity index is 489. The molecule has 1 heterocycles. The van der Waals surface area contributed by atoms with E-state index in [0.29, 0.717) is 0 Å². The summed E-state index contributed by atoms with van der Waals surface area (Å²) in [5.41, 5.74) is 1.06. The Kier molecular flexibility index (Phi) is 2.25. The van der Waals surface area contributed by atoms with E-state index < -0.39 is 5.97 Å². The average molecular weight is 202 g/mol. The molecular weight excluding hydrogens is 192 g/mol. The topological polar surface area (TPSA) is 48.9 Å². The molecule has 2 aromatic rings. The van der Waals surface area contributed by atoms with Gasteiger partial charge in [-0.25, -0.2) is 0 Å². The van der Waals surface area contributed by atoms with E-state index in [1.54, 1.807) is 17.9 Å². The lowest BCUT2D eigenvalue weighted by atomic mass is 10.3. The summed E-state index contributed by atoms with van der Waals surface area (Å²) in [5, 5.41) is 10.7. The Hall–Kier alpha value is -2.10. The minimum Gasteiger partial charge on any atom is -0.539 e. The smallest absolute Gasteiger partial charge is 0.254 e. The quantitative estimate of drug-likeness (QED) is 0.626. The maximum absolute atomic E-state index is 10.7. The van der Waals surface area contributed by atoms with Gasteiger partial charge in [0.15, 0.2) is 7.05 Å². The molecule has 0 spiro atoms. The Labute approximate surface area is 87.0 Å². The molecule has 0 unspecified atom stereocenters. The maximum atomic E-state index is 10.7. The molecule has 76 valence electrons. The number of hydrogen-bond donors (Lipinski definition) is 0. The van der Waals surface area contributed by atoms with Gasteiger partial charge >= 0.3 is 0 Å². The zero-order valence-electron chi connectivity index (χ0n) is 8.25. The highest BCUT2D eigenvalue weighted by Crippen LogP contribution is 2.04. The second-order valence-corrected chi connectivity index (χ2v) is 3.19. The first-order valence-corrected chi connectivity index (χ1v) is 4.54. The van der Waals surface area contributed by atoms with E-state index in [0.717, 1.165) is 5.69 Å². The van der Waals surface area contributed by atoms with E-state index in [1.165, 1.54) is 10.7 Å². The first-order valence-electron chi connectivity index (χ1n) is 4.54. The fourth-order valence-electron chi connectivity index (χ4n) is 1.51. The summed E-state index contributed by atoms with van der Waals surface area (Å²) < 4.78 is 3.27. The van der Waals surface area contributed by atoms with E-state index in [-0.39, 0.29) is 5.69 Å². The molecule has 0 radical (unpaired) electrons. The van der Waals surface area contributed by atoms with Gasteiger partial charge in [-0.2, -0.15) is 0 Å². The normalized spacial score (nSPS) is 10.2. The van der Waals surface area contributed by atoms with Crippen molar-refractivity contribution in [2.45, 2.75) is 0 Å². The lowest BCUT2D eigenvalue weighted by molar-refractivity contribution is -0.747. The van der Waals surface area contributed by atoms with Crippen LogP contribution in [0.4, 0.5) is 0 Å². The predicted molar refractivity (Wildman–Crippen MR) is 51.3 cm³/mol. The predicted octanol–water partition coefficient (Wildman–Crippen LogP) is -0.335. The van der Waals surface area contributed by atoms with Crippen molar-refractivity contribution in [2.75, 3.05) is 0 Å². The minimum atomic E-state index is -1.17. The zero-order valence-corrected chi connectivity index (χ0v) is 8.25. The molecule has 1 aromatic heterocycles. The van der Waals surface area contributed by atoms with Crippen LogP contribution in [0.3, 0.4) is 0 Å². The van der Waals surface area contributed by atoms with Crippen molar-refractivity contribution < 1.29 is 14.6 Å². The van der Waals surface area contributed by atoms with Crippen LogP contribution in [0.15, 0.2) is 42.6 Å². The molecule has 1 aromatic carbocycles. The first kappa shape index (κ1) is 9.45. The van der Waals surface area contributed by atoms with Crippen LogP contribution in [-0.2, 0) is 7.05 Å². The molecule has 0 amide bonds. The summed E-state index contributed by atoms with van der Waals surface area (Å²) in [4.78, 5) is 10.7.